The minimum absolute atomic E-state index is 0.0988. The molecule has 0 radical (unpaired) electrons. The van der Waals surface area contributed by atoms with Gasteiger partial charge in [-0.2, -0.15) is 10.2 Å². The van der Waals surface area contributed by atoms with Crippen LogP contribution in [0.1, 0.15) is 42.5 Å². The van der Waals surface area contributed by atoms with Crippen molar-refractivity contribution in [2.75, 3.05) is 25.1 Å². The third kappa shape index (κ3) is 3.60. The molecule has 5 heterocycles. The first-order valence-electron chi connectivity index (χ1n) is 11.7. The summed E-state index contributed by atoms with van der Waals surface area (Å²) in [6, 6.07) is 4.12. The number of ether oxygens (including phenoxy) is 3. The average molecular weight is 426 g/mol. The van der Waals surface area contributed by atoms with Crippen LogP contribution in [0.25, 0.3) is 11.0 Å². The molecule has 1 atom stereocenters. The highest BCUT2D eigenvalue weighted by Gasteiger charge is 2.43. The van der Waals surface area contributed by atoms with E-state index in [2.05, 4.69) is 26.5 Å². The maximum atomic E-state index is 9.67. The molecule has 1 N–H and O–H groups in total. The van der Waals surface area contributed by atoms with E-state index in [-0.39, 0.29) is 24.0 Å². The lowest BCUT2D eigenvalue weighted by Gasteiger charge is -2.43. The third-order valence-electron chi connectivity index (χ3n) is 5.81. The second-order valence-corrected chi connectivity index (χ2v) is 8.27. The Morgan fingerprint density at radius 1 is 1.39 bits per heavy atom. The Morgan fingerprint density at radius 3 is 2.90 bits per heavy atom. The zero-order chi connectivity index (χ0) is 24.1. The maximum Gasteiger partial charge on any atom is 0.257 e. The summed E-state index contributed by atoms with van der Waals surface area (Å²) in [5.74, 6) is 0.362. The van der Waals surface area contributed by atoms with Gasteiger partial charge in [0.2, 0.25) is 5.95 Å². The second kappa shape index (κ2) is 7.51. The highest BCUT2D eigenvalue weighted by atomic mass is 16.6. The normalized spacial score (nSPS) is 22.7. The van der Waals surface area contributed by atoms with Gasteiger partial charge in [-0.25, -0.2) is 4.98 Å². The predicted octanol–water partition coefficient (Wildman–Crippen LogP) is 2.69. The molecule has 0 saturated carbocycles. The summed E-state index contributed by atoms with van der Waals surface area (Å²) in [5, 5.41) is 17.6. The lowest BCUT2D eigenvalue weighted by molar-refractivity contribution is -0.208. The van der Waals surface area contributed by atoms with Gasteiger partial charge in [-0.15, -0.1) is 5.10 Å². The fraction of sp³-hybridized carbons (Fsp3) is 0.524. The number of aryl methyl sites for hydroxylation is 1. The Hall–Kier alpha value is -3.16. The van der Waals surface area contributed by atoms with Crippen molar-refractivity contribution >= 4 is 22.7 Å². The minimum Gasteiger partial charge on any atom is -0.466 e. The molecule has 2 fully saturated rings. The van der Waals surface area contributed by atoms with Gasteiger partial charge in [-0.05, 0) is 32.8 Å². The monoisotopic (exact) mass is 426 g/mol. The third-order valence-corrected chi connectivity index (χ3v) is 5.81. The van der Waals surface area contributed by atoms with E-state index in [0.29, 0.717) is 36.8 Å². The molecular formula is C21H25N7O3. The van der Waals surface area contributed by atoms with Gasteiger partial charge in [0.15, 0.2) is 6.10 Å². The van der Waals surface area contributed by atoms with Crippen molar-refractivity contribution in [2.24, 2.45) is 6.98 Å². The molecule has 10 nitrogen and oxygen atoms in total. The summed E-state index contributed by atoms with van der Waals surface area (Å²) in [4.78, 5) is 9.02. The van der Waals surface area contributed by atoms with Crippen LogP contribution < -0.4 is 10.1 Å². The SMILES string of the molecule is [2H]C([2H])([2H])n1cc(Nc2ncc3cc(C#N)n(C4CCOCC4)c3n2)c(O[C@H]2COC2(C)C)n1. The molecule has 10 heteroatoms. The molecule has 162 valence electrons. The van der Waals surface area contributed by atoms with E-state index < -0.39 is 12.6 Å². The molecular weight excluding hydrogens is 398 g/mol. The molecule has 3 aromatic rings. The second-order valence-electron chi connectivity index (χ2n) is 8.27. The zero-order valence-electron chi connectivity index (χ0n) is 20.3. The Labute approximate surface area is 184 Å². The molecule has 0 aromatic carbocycles. The maximum absolute atomic E-state index is 9.67. The molecule has 0 unspecified atom stereocenters. The van der Waals surface area contributed by atoms with Crippen LogP contribution in [0.4, 0.5) is 11.6 Å². The van der Waals surface area contributed by atoms with Gasteiger partial charge in [-0.1, -0.05) is 0 Å². The molecule has 3 aromatic heterocycles. The van der Waals surface area contributed by atoms with Crippen LogP contribution in [-0.4, -0.2) is 55.8 Å². The molecule has 0 aliphatic carbocycles. The smallest absolute Gasteiger partial charge is 0.257 e. The van der Waals surface area contributed by atoms with Gasteiger partial charge in [0.25, 0.3) is 5.88 Å². The number of anilines is 2. The number of nitrogens with zero attached hydrogens (tertiary/aromatic N) is 6. The van der Waals surface area contributed by atoms with E-state index in [4.69, 9.17) is 18.3 Å². The van der Waals surface area contributed by atoms with Crippen molar-refractivity contribution < 1.29 is 18.3 Å². The molecule has 0 spiro atoms. The van der Waals surface area contributed by atoms with Crippen LogP contribution in [-0.2, 0) is 16.4 Å². The summed E-state index contributed by atoms with van der Waals surface area (Å²) in [6.07, 6.45) is 4.28. The summed E-state index contributed by atoms with van der Waals surface area (Å²) in [7, 11) is 0. The zero-order valence-corrected chi connectivity index (χ0v) is 17.3. The summed E-state index contributed by atoms with van der Waals surface area (Å²) in [6.45, 7) is 2.94. The quantitative estimate of drug-likeness (QED) is 0.663. The lowest BCUT2D eigenvalue weighted by Crippen LogP contribution is -2.56. The highest BCUT2D eigenvalue weighted by Crippen LogP contribution is 2.34. The van der Waals surface area contributed by atoms with E-state index >= 15 is 0 Å². The predicted molar refractivity (Wildman–Crippen MR) is 112 cm³/mol. The van der Waals surface area contributed by atoms with E-state index in [1.54, 1.807) is 12.3 Å². The van der Waals surface area contributed by atoms with E-state index in [9.17, 15) is 5.26 Å². The minimum atomic E-state index is -2.48. The van der Waals surface area contributed by atoms with Crippen LogP contribution in [0.3, 0.4) is 0 Å². The van der Waals surface area contributed by atoms with Crippen LogP contribution >= 0.6 is 0 Å². The van der Waals surface area contributed by atoms with Crippen LogP contribution in [0.5, 0.6) is 5.88 Å². The van der Waals surface area contributed by atoms with Crippen molar-refractivity contribution in [1.82, 2.24) is 24.3 Å². The van der Waals surface area contributed by atoms with Crippen molar-refractivity contribution in [1.29, 1.82) is 5.26 Å². The topological polar surface area (TPSA) is 112 Å². The fourth-order valence-electron chi connectivity index (χ4n) is 3.91. The van der Waals surface area contributed by atoms with E-state index in [1.807, 2.05) is 18.4 Å². The van der Waals surface area contributed by atoms with Crippen LogP contribution in [0.2, 0.25) is 0 Å². The first kappa shape index (κ1) is 16.5. The average Bonchev–Trinajstić information content (AvgIpc) is 3.38. The first-order chi connectivity index (χ1) is 16.2. The summed E-state index contributed by atoms with van der Waals surface area (Å²) >= 11 is 0. The van der Waals surface area contributed by atoms with Gasteiger partial charge in [0.1, 0.15) is 28.7 Å². The lowest BCUT2D eigenvalue weighted by atomic mass is 9.96. The Morgan fingerprint density at radius 2 is 2.23 bits per heavy atom. The number of fused-ring (bicyclic) bond motifs is 1. The van der Waals surface area contributed by atoms with Crippen LogP contribution in [0, 0.1) is 11.3 Å². The van der Waals surface area contributed by atoms with Crippen LogP contribution in [0.15, 0.2) is 18.5 Å². The largest absolute Gasteiger partial charge is 0.466 e. The number of aromatic nitrogens is 5. The van der Waals surface area contributed by atoms with Crippen molar-refractivity contribution in [3.05, 3.63) is 24.2 Å². The number of nitriles is 1. The highest BCUT2D eigenvalue weighted by molar-refractivity contribution is 5.79. The molecule has 2 saturated heterocycles. The number of hydrogen-bond donors (Lipinski definition) is 1. The molecule has 31 heavy (non-hydrogen) atoms. The van der Waals surface area contributed by atoms with Gasteiger partial charge >= 0.3 is 0 Å². The molecule has 2 aliphatic heterocycles. The Balaban J connectivity index is 1.50. The van der Waals surface area contributed by atoms with Gasteiger partial charge in [0, 0.05) is 41.9 Å². The van der Waals surface area contributed by atoms with Gasteiger partial charge in [-0.3, -0.25) is 4.68 Å². The standard InChI is InChI=1S/C21H25N7O3/c1-21(2)17(12-30-21)31-19-16(11-27(3)26-19)24-20-23-10-13-8-15(9-22)28(18(13)25-20)14-4-6-29-7-5-14/h8,10-11,14,17H,4-7,12H2,1-3H3,(H,23,24,25)/t17-/m0/s1/i3D3. The number of rotatable bonds is 5. The van der Waals surface area contributed by atoms with Gasteiger partial charge in [0.05, 0.1) is 12.8 Å². The van der Waals surface area contributed by atoms with Crippen molar-refractivity contribution in [2.45, 2.75) is 44.4 Å². The molecule has 5 rings (SSSR count). The van der Waals surface area contributed by atoms with Crippen molar-refractivity contribution in [3.8, 4) is 11.9 Å². The summed E-state index contributed by atoms with van der Waals surface area (Å²) < 4.78 is 42.9. The number of hydrogen-bond acceptors (Lipinski definition) is 8. The van der Waals surface area contributed by atoms with E-state index in [0.717, 1.165) is 22.9 Å². The molecule has 0 bridgehead atoms. The Kier molecular flexibility index (Phi) is 4.00. The first-order valence-corrected chi connectivity index (χ1v) is 10.2. The molecule has 0 amide bonds. The van der Waals surface area contributed by atoms with E-state index in [1.165, 1.54) is 6.20 Å². The van der Waals surface area contributed by atoms with Gasteiger partial charge < -0.3 is 24.1 Å². The number of nitrogens with one attached hydrogen (secondary N) is 1. The summed E-state index contributed by atoms with van der Waals surface area (Å²) in [5.41, 5.74) is 0.956. The molecule has 2 aliphatic rings. The Bertz CT molecular complexity index is 1250. The fourth-order valence-corrected chi connectivity index (χ4v) is 3.91. The van der Waals surface area contributed by atoms with Crippen molar-refractivity contribution in [3.63, 3.8) is 0 Å².